The van der Waals surface area contributed by atoms with Crippen LogP contribution in [-0.4, -0.2) is 24.6 Å². The minimum Gasteiger partial charge on any atom is -0.325 e. The molecule has 0 unspecified atom stereocenters. The van der Waals surface area contributed by atoms with Crippen molar-refractivity contribution in [3.63, 3.8) is 0 Å². The number of nitrogens with two attached hydrogens (primary N) is 1. The van der Waals surface area contributed by atoms with Crippen molar-refractivity contribution in [2.45, 2.75) is 32.7 Å². The van der Waals surface area contributed by atoms with E-state index in [9.17, 15) is 0 Å². The van der Waals surface area contributed by atoms with Crippen LogP contribution < -0.4 is 5.73 Å². The quantitative estimate of drug-likeness (QED) is 0.615. The van der Waals surface area contributed by atoms with Gasteiger partial charge in [0, 0.05) is 12.1 Å². The van der Waals surface area contributed by atoms with Gasteiger partial charge in [0.25, 0.3) is 0 Å². The predicted molar refractivity (Wildman–Crippen MR) is 49.3 cm³/mol. The summed E-state index contributed by atoms with van der Waals surface area (Å²) >= 11 is 0. The van der Waals surface area contributed by atoms with Crippen LogP contribution in [0.3, 0.4) is 0 Å². The van der Waals surface area contributed by atoms with Crippen molar-refractivity contribution in [3.05, 3.63) is 0 Å². The molecular weight excluding hydrogens is 138 g/mol. The molecule has 0 radical (unpaired) electrons. The first-order valence-electron chi connectivity index (χ1n) is 3.93. The fraction of sp³-hybridized carbons (Fsp3) is 0.875. The lowest BCUT2D eigenvalue weighted by Gasteiger charge is -2.15. The third-order valence-electron chi connectivity index (χ3n) is 1.17. The van der Waals surface area contributed by atoms with Gasteiger partial charge in [0.05, 0.1) is 12.6 Å². The molecule has 3 heteroatoms. The van der Waals surface area contributed by atoms with Crippen molar-refractivity contribution in [1.29, 1.82) is 0 Å². The predicted octanol–water partition coefficient (Wildman–Crippen LogP) is 1.42. The molecule has 0 aliphatic carbocycles. The summed E-state index contributed by atoms with van der Waals surface area (Å²) in [6, 6.07) is 2.60. The zero-order valence-electron chi connectivity index (χ0n) is 8.59. The van der Waals surface area contributed by atoms with Crippen molar-refractivity contribution < 1.29 is 1.43 Å². The van der Waals surface area contributed by atoms with Crippen molar-refractivity contribution in [2.75, 3.05) is 13.1 Å². The van der Waals surface area contributed by atoms with E-state index in [1.54, 1.807) is 0 Å². The number of hydrogen-bond donors (Lipinski definition) is 1. The summed E-state index contributed by atoms with van der Waals surface area (Å²) in [7, 11) is 0. The van der Waals surface area contributed by atoms with Crippen molar-refractivity contribution >= 4 is 6.01 Å². The van der Waals surface area contributed by atoms with Gasteiger partial charge in [-0.3, -0.25) is 0 Å². The number of aliphatic imine (C=N–C) groups is 2. The molecule has 0 saturated heterocycles. The van der Waals surface area contributed by atoms with Gasteiger partial charge in [-0.15, -0.1) is 0 Å². The van der Waals surface area contributed by atoms with Gasteiger partial charge >= 0.3 is 1.43 Å². The van der Waals surface area contributed by atoms with Crippen LogP contribution in [0, 0.1) is 0 Å². The van der Waals surface area contributed by atoms with E-state index in [4.69, 9.17) is 5.73 Å². The third kappa shape index (κ3) is 9.34. The summed E-state index contributed by atoms with van der Waals surface area (Å²) in [6.07, 6.45) is 0.874. The molecule has 0 aromatic heterocycles. The van der Waals surface area contributed by atoms with Crippen LogP contribution in [0.2, 0.25) is 0 Å². The van der Waals surface area contributed by atoms with Gasteiger partial charge in [-0.1, -0.05) is 0 Å². The van der Waals surface area contributed by atoms with E-state index in [1.807, 2.05) is 20.8 Å². The highest BCUT2D eigenvalue weighted by Gasteiger charge is 2.08. The zero-order valence-corrected chi connectivity index (χ0v) is 7.59. The molecule has 3 nitrogen and oxygen atoms in total. The average molecular weight is 156 g/mol. The number of rotatable bonds is 4. The van der Waals surface area contributed by atoms with Crippen molar-refractivity contribution in [2.24, 2.45) is 15.7 Å². The molecule has 0 heterocycles. The Balaban J connectivity index is 0. The minimum atomic E-state index is -0.128. The Morgan fingerprint density at radius 1 is 1.45 bits per heavy atom. The maximum Gasteiger partial charge on any atom is 1.00 e. The zero-order chi connectivity index (χ0) is 8.74. The molecule has 0 saturated carbocycles. The third-order valence-corrected chi connectivity index (χ3v) is 1.17. The molecule has 0 aromatic carbocycles. The largest absolute Gasteiger partial charge is 1.00 e. The lowest BCUT2D eigenvalue weighted by molar-refractivity contribution is 0.485. The van der Waals surface area contributed by atoms with Gasteiger partial charge in [0.15, 0.2) is 0 Å². The molecule has 0 spiro atoms. The first-order chi connectivity index (χ1) is 5.06. The smallest absolute Gasteiger partial charge is 0.325 e. The molecule has 0 rings (SSSR count). The first kappa shape index (κ1) is 10.3. The lowest BCUT2D eigenvalue weighted by Crippen LogP contribution is -2.32. The van der Waals surface area contributed by atoms with Crippen LogP contribution in [-0.2, 0) is 0 Å². The van der Waals surface area contributed by atoms with Crippen LogP contribution in [0.1, 0.15) is 28.6 Å². The molecule has 11 heavy (non-hydrogen) atoms. The molecule has 0 fully saturated rings. The Kier molecular flexibility index (Phi) is 4.75. The monoisotopic (exact) mass is 156 g/mol. The van der Waals surface area contributed by atoms with Gasteiger partial charge in [0.1, 0.15) is 0 Å². The highest BCUT2D eigenvalue weighted by atomic mass is 14.8. The van der Waals surface area contributed by atoms with Crippen LogP contribution in [0.4, 0.5) is 0 Å². The molecule has 0 aliphatic rings. The van der Waals surface area contributed by atoms with E-state index in [-0.39, 0.29) is 6.97 Å². The van der Waals surface area contributed by atoms with E-state index < -0.39 is 0 Å². The topological polar surface area (TPSA) is 50.7 Å². The first-order valence-corrected chi connectivity index (χ1v) is 3.93. The number of hydrogen-bond acceptors (Lipinski definition) is 3. The van der Waals surface area contributed by atoms with Crippen LogP contribution in [0.5, 0.6) is 0 Å². The van der Waals surface area contributed by atoms with Gasteiger partial charge in [0.2, 0.25) is 0 Å². The second-order valence-electron chi connectivity index (χ2n) is 3.19. The van der Waals surface area contributed by atoms with Gasteiger partial charge in [-0.05, 0) is 27.2 Å². The Bertz CT molecular complexity index is 154. The molecule has 2 N–H and O–H groups in total. The van der Waals surface area contributed by atoms with Crippen molar-refractivity contribution in [3.8, 4) is 0 Å². The molecule has 0 atom stereocenters. The highest BCUT2D eigenvalue weighted by molar-refractivity contribution is 5.40. The Morgan fingerprint density at radius 2 is 2.09 bits per heavy atom. The van der Waals surface area contributed by atoms with Gasteiger partial charge in [-0.2, -0.15) is 0 Å². The summed E-state index contributed by atoms with van der Waals surface area (Å²) in [5.74, 6) is 0. The maximum atomic E-state index is 5.73. The van der Waals surface area contributed by atoms with E-state index >= 15 is 0 Å². The van der Waals surface area contributed by atoms with E-state index in [0.717, 1.165) is 13.0 Å². The highest BCUT2D eigenvalue weighted by Crippen LogP contribution is 2.01. The van der Waals surface area contributed by atoms with E-state index in [2.05, 4.69) is 16.0 Å². The maximum absolute atomic E-state index is 5.73. The summed E-state index contributed by atoms with van der Waals surface area (Å²) in [4.78, 5) is 7.78. The van der Waals surface area contributed by atoms with Crippen LogP contribution in [0.25, 0.3) is 0 Å². The standard InChI is InChI=1S/C8H17N3/c1-4-10-7-11-6-5-8(2,3)9/h4-6,9H2,1-3H3/p+1. The second kappa shape index (κ2) is 5.05. The Hall–Kier alpha value is -0.660. The van der Waals surface area contributed by atoms with Crippen LogP contribution >= 0.6 is 0 Å². The van der Waals surface area contributed by atoms with Gasteiger partial charge < -0.3 is 5.73 Å². The second-order valence-corrected chi connectivity index (χ2v) is 3.19. The average Bonchev–Trinajstić information content (AvgIpc) is 1.85. The van der Waals surface area contributed by atoms with E-state index in [0.29, 0.717) is 6.54 Å². The Morgan fingerprint density at radius 3 is 2.55 bits per heavy atom. The molecule has 0 amide bonds. The molecule has 0 aliphatic heterocycles. The summed E-state index contributed by atoms with van der Waals surface area (Å²) in [5.41, 5.74) is 5.60. The Labute approximate surface area is 69.9 Å². The summed E-state index contributed by atoms with van der Waals surface area (Å²) in [6.45, 7) is 7.39. The molecule has 64 valence electrons. The van der Waals surface area contributed by atoms with Gasteiger partial charge in [-0.25, -0.2) is 9.98 Å². The summed E-state index contributed by atoms with van der Waals surface area (Å²) in [5, 5.41) is 0. The normalized spacial score (nSPS) is 10.5. The summed E-state index contributed by atoms with van der Waals surface area (Å²) < 4.78 is 0. The lowest BCUT2D eigenvalue weighted by atomic mass is 10.0. The van der Waals surface area contributed by atoms with Crippen molar-refractivity contribution in [1.82, 2.24) is 0 Å². The molecule has 0 aromatic rings. The molecule has 0 bridgehead atoms. The fourth-order valence-electron chi connectivity index (χ4n) is 0.515. The van der Waals surface area contributed by atoms with E-state index in [1.165, 1.54) is 0 Å². The minimum absolute atomic E-state index is 0. The van der Waals surface area contributed by atoms with Crippen LogP contribution in [0.15, 0.2) is 9.98 Å². The fourth-order valence-corrected chi connectivity index (χ4v) is 0.515. The SMILES string of the molecule is CCN=C=NCCC(C)(C)N.[H+]. The molecular formula is C8H18N3+. The number of nitrogens with zero attached hydrogens (tertiary/aromatic N) is 2.